The van der Waals surface area contributed by atoms with Gasteiger partial charge >= 0.3 is 0 Å². The Morgan fingerprint density at radius 3 is 2.63 bits per heavy atom. The van der Waals surface area contributed by atoms with E-state index < -0.39 is 11.7 Å². The van der Waals surface area contributed by atoms with E-state index in [0.717, 1.165) is 11.3 Å². The van der Waals surface area contributed by atoms with Crippen molar-refractivity contribution < 1.29 is 13.9 Å². The lowest BCUT2D eigenvalue weighted by Gasteiger charge is -2.08. The number of carbonyl (C=O) groups is 1. The van der Waals surface area contributed by atoms with Gasteiger partial charge in [0.25, 0.3) is 5.56 Å². The molecule has 0 radical (unpaired) electrons. The Bertz CT molecular complexity index is 1260. The number of anilines is 1. The molecule has 1 amide bonds. The summed E-state index contributed by atoms with van der Waals surface area (Å²) in [6.45, 7) is 2.25. The summed E-state index contributed by atoms with van der Waals surface area (Å²) in [5.74, 6) is -0.282. The molecule has 152 valence electrons. The normalized spacial score (nSPS) is 10.9. The summed E-state index contributed by atoms with van der Waals surface area (Å²) in [5.41, 5.74) is 1.50. The summed E-state index contributed by atoms with van der Waals surface area (Å²) in [6, 6.07) is 14.9. The Labute approximate surface area is 171 Å². The van der Waals surface area contributed by atoms with Crippen LogP contribution in [0.2, 0.25) is 0 Å². The molecule has 0 saturated carbocycles. The van der Waals surface area contributed by atoms with Crippen molar-refractivity contribution in [3.05, 3.63) is 83.2 Å². The third-order valence-corrected chi connectivity index (χ3v) is 4.53. The van der Waals surface area contributed by atoms with E-state index in [1.165, 1.54) is 33.5 Å². The maximum Gasteiger partial charge on any atom is 0.277 e. The lowest BCUT2D eigenvalue weighted by Crippen LogP contribution is -2.28. The lowest BCUT2D eigenvalue weighted by molar-refractivity contribution is -0.116. The minimum absolute atomic E-state index is 0.0683. The summed E-state index contributed by atoms with van der Waals surface area (Å²) < 4.78 is 21.9. The number of para-hydroxylation sites is 1. The van der Waals surface area contributed by atoms with Gasteiger partial charge in [-0.3, -0.25) is 9.59 Å². The van der Waals surface area contributed by atoms with Crippen LogP contribution in [0.1, 0.15) is 6.92 Å². The van der Waals surface area contributed by atoms with Crippen LogP contribution < -0.4 is 15.6 Å². The zero-order chi connectivity index (χ0) is 21.1. The summed E-state index contributed by atoms with van der Waals surface area (Å²) in [4.78, 5) is 25.1. The topological polar surface area (TPSA) is 77.6 Å². The van der Waals surface area contributed by atoms with E-state index in [-0.39, 0.29) is 17.8 Å². The van der Waals surface area contributed by atoms with E-state index in [4.69, 9.17) is 4.74 Å². The van der Waals surface area contributed by atoms with Crippen LogP contribution in [0.3, 0.4) is 0 Å². The number of aromatic nitrogens is 3. The summed E-state index contributed by atoms with van der Waals surface area (Å²) in [7, 11) is 0. The van der Waals surface area contributed by atoms with Gasteiger partial charge in [-0.1, -0.05) is 12.1 Å². The molecular formula is C22H19FN4O3. The van der Waals surface area contributed by atoms with E-state index in [2.05, 4.69) is 10.4 Å². The van der Waals surface area contributed by atoms with Crippen LogP contribution in [0, 0.1) is 5.82 Å². The predicted molar refractivity (Wildman–Crippen MR) is 111 cm³/mol. The molecule has 0 bridgehead atoms. The van der Waals surface area contributed by atoms with Crippen molar-refractivity contribution in [3.63, 3.8) is 0 Å². The van der Waals surface area contributed by atoms with Crippen LogP contribution in [0.15, 0.2) is 71.8 Å². The largest absolute Gasteiger partial charge is 0.494 e. The van der Waals surface area contributed by atoms with Gasteiger partial charge in [0.05, 0.1) is 18.0 Å². The van der Waals surface area contributed by atoms with Crippen molar-refractivity contribution in [1.82, 2.24) is 14.2 Å². The van der Waals surface area contributed by atoms with Gasteiger partial charge in [-0.2, -0.15) is 5.10 Å². The van der Waals surface area contributed by atoms with Gasteiger partial charge < -0.3 is 14.6 Å². The predicted octanol–water partition coefficient (Wildman–Crippen LogP) is 3.34. The van der Waals surface area contributed by atoms with Gasteiger partial charge in [-0.25, -0.2) is 8.91 Å². The van der Waals surface area contributed by atoms with Gasteiger partial charge in [0.2, 0.25) is 5.91 Å². The number of amides is 1. The molecule has 0 fully saturated rings. The van der Waals surface area contributed by atoms with Crippen molar-refractivity contribution in [2.75, 3.05) is 11.9 Å². The third-order valence-electron chi connectivity index (χ3n) is 4.53. The zero-order valence-corrected chi connectivity index (χ0v) is 16.2. The average Bonchev–Trinajstić information content (AvgIpc) is 3.18. The van der Waals surface area contributed by atoms with Gasteiger partial charge in [0.1, 0.15) is 23.6 Å². The quantitative estimate of drug-likeness (QED) is 0.533. The highest BCUT2D eigenvalue weighted by Gasteiger charge is 2.12. The monoisotopic (exact) mass is 406 g/mol. The highest BCUT2D eigenvalue weighted by molar-refractivity contribution is 5.90. The standard InChI is InChI=1S/C22H19FN4O3/c1-2-30-16-9-7-15(8-10-16)19-13-20-22(29)26(11-12-27(20)25-19)14-21(28)24-18-6-4-3-5-17(18)23/h3-13H,2,14H2,1H3,(H,24,28). The summed E-state index contributed by atoms with van der Waals surface area (Å²) >= 11 is 0. The molecule has 2 heterocycles. The second kappa shape index (κ2) is 8.20. The van der Waals surface area contributed by atoms with Crippen molar-refractivity contribution in [1.29, 1.82) is 0 Å². The average molecular weight is 406 g/mol. The first kappa shape index (κ1) is 19.4. The Morgan fingerprint density at radius 1 is 1.13 bits per heavy atom. The zero-order valence-electron chi connectivity index (χ0n) is 16.2. The first-order chi connectivity index (χ1) is 14.5. The van der Waals surface area contributed by atoms with Gasteiger partial charge in [-0.15, -0.1) is 0 Å². The van der Waals surface area contributed by atoms with E-state index in [1.807, 2.05) is 31.2 Å². The van der Waals surface area contributed by atoms with Crippen molar-refractivity contribution in [3.8, 4) is 17.0 Å². The highest BCUT2D eigenvalue weighted by atomic mass is 19.1. The van der Waals surface area contributed by atoms with E-state index in [9.17, 15) is 14.0 Å². The van der Waals surface area contributed by atoms with Gasteiger partial charge in [-0.05, 0) is 49.4 Å². The number of benzene rings is 2. The summed E-state index contributed by atoms with van der Waals surface area (Å²) in [5, 5.41) is 6.90. The number of carbonyl (C=O) groups excluding carboxylic acids is 1. The van der Waals surface area contributed by atoms with Crippen LogP contribution in [0.5, 0.6) is 5.75 Å². The number of rotatable bonds is 6. The number of nitrogens with zero attached hydrogens (tertiary/aromatic N) is 3. The molecule has 8 heteroatoms. The Balaban J connectivity index is 1.57. The molecule has 0 aliphatic carbocycles. The molecule has 0 unspecified atom stereocenters. The Hall–Kier alpha value is -3.94. The second-order valence-corrected chi connectivity index (χ2v) is 6.58. The molecule has 0 saturated heterocycles. The number of fused-ring (bicyclic) bond motifs is 1. The van der Waals surface area contributed by atoms with E-state index >= 15 is 0 Å². The van der Waals surface area contributed by atoms with E-state index in [1.54, 1.807) is 18.3 Å². The fourth-order valence-corrected chi connectivity index (χ4v) is 3.09. The molecule has 2 aromatic heterocycles. The molecule has 4 rings (SSSR count). The minimum atomic E-state index is -0.538. The molecule has 0 aliphatic rings. The fraction of sp³-hybridized carbons (Fsp3) is 0.136. The molecule has 0 atom stereocenters. The highest BCUT2D eigenvalue weighted by Crippen LogP contribution is 2.22. The van der Waals surface area contributed by atoms with Crippen LogP contribution >= 0.6 is 0 Å². The number of hydrogen-bond donors (Lipinski definition) is 1. The van der Waals surface area contributed by atoms with Crippen LogP contribution in [-0.2, 0) is 11.3 Å². The maximum atomic E-state index is 13.7. The SMILES string of the molecule is CCOc1ccc(-c2cc3c(=O)n(CC(=O)Nc4ccccc4F)ccn3n2)cc1. The van der Waals surface area contributed by atoms with Crippen molar-refractivity contribution >= 4 is 17.1 Å². The maximum absolute atomic E-state index is 13.7. The molecule has 0 aliphatic heterocycles. The first-order valence-electron chi connectivity index (χ1n) is 9.41. The number of ether oxygens (including phenoxy) is 1. The molecule has 2 aromatic carbocycles. The fourth-order valence-electron chi connectivity index (χ4n) is 3.09. The van der Waals surface area contributed by atoms with Gasteiger partial charge in [0.15, 0.2) is 0 Å². The van der Waals surface area contributed by atoms with Crippen molar-refractivity contribution in [2.45, 2.75) is 13.5 Å². The first-order valence-corrected chi connectivity index (χ1v) is 9.41. The smallest absolute Gasteiger partial charge is 0.277 e. The number of nitrogens with one attached hydrogen (secondary N) is 1. The molecule has 0 spiro atoms. The van der Waals surface area contributed by atoms with E-state index in [0.29, 0.717) is 17.8 Å². The van der Waals surface area contributed by atoms with Crippen LogP contribution in [-0.4, -0.2) is 26.7 Å². The van der Waals surface area contributed by atoms with Gasteiger partial charge in [0, 0.05) is 18.0 Å². The lowest BCUT2D eigenvalue weighted by atomic mass is 10.1. The molecule has 7 nitrogen and oxygen atoms in total. The summed E-state index contributed by atoms with van der Waals surface area (Å²) in [6.07, 6.45) is 3.08. The van der Waals surface area contributed by atoms with Crippen LogP contribution in [0.25, 0.3) is 16.8 Å². The molecule has 30 heavy (non-hydrogen) atoms. The molecule has 1 N–H and O–H groups in total. The second-order valence-electron chi connectivity index (χ2n) is 6.58. The van der Waals surface area contributed by atoms with Crippen LogP contribution in [0.4, 0.5) is 10.1 Å². The number of halogens is 1. The Morgan fingerprint density at radius 2 is 1.90 bits per heavy atom. The molecule has 4 aromatic rings. The number of hydrogen-bond acceptors (Lipinski definition) is 4. The minimum Gasteiger partial charge on any atom is -0.494 e. The Kier molecular flexibility index (Phi) is 5.30. The third kappa shape index (κ3) is 3.93. The molecular weight excluding hydrogens is 387 g/mol. The van der Waals surface area contributed by atoms with Crippen molar-refractivity contribution in [2.24, 2.45) is 0 Å².